The second-order valence-electron chi connectivity index (χ2n) is 6.52. The van der Waals surface area contributed by atoms with Crippen LogP contribution in [0.15, 0.2) is 36.7 Å². The zero-order valence-electron chi connectivity index (χ0n) is 12.9. The molecule has 1 N–H and O–H groups in total. The van der Waals surface area contributed by atoms with Crippen molar-refractivity contribution < 1.29 is 4.79 Å². The molecule has 1 aliphatic carbocycles. The lowest BCUT2D eigenvalue weighted by Gasteiger charge is -2.35. The summed E-state index contributed by atoms with van der Waals surface area (Å²) in [5.41, 5.74) is 1.22. The van der Waals surface area contributed by atoms with Crippen molar-refractivity contribution in [2.75, 3.05) is 6.54 Å². The molecule has 2 aromatic rings. The topological polar surface area (TPSA) is 49.0 Å². The number of carbonyl (C=O) groups excluding carboxylic acids is 1. The Morgan fingerprint density at radius 1 is 1.26 bits per heavy atom. The van der Waals surface area contributed by atoms with E-state index in [1.165, 1.54) is 5.56 Å². The van der Waals surface area contributed by atoms with Gasteiger partial charge in [0, 0.05) is 29.9 Å². The summed E-state index contributed by atoms with van der Waals surface area (Å²) in [7, 11) is 0. The van der Waals surface area contributed by atoms with Crippen molar-refractivity contribution in [3.8, 4) is 0 Å². The Morgan fingerprint density at radius 3 is 2.83 bits per heavy atom. The Labute approximate surface area is 140 Å². The van der Waals surface area contributed by atoms with E-state index in [0.29, 0.717) is 5.92 Å². The third-order valence-corrected chi connectivity index (χ3v) is 5.28. The van der Waals surface area contributed by atoms with E-state index in [0.717, 1.165) is 43.1 Å². The van der Waals surface area contributed by atoms with Crippen molar-refractivity contribution in [2.45, 2.75) is 37.6 Å². The molecule has 0 bridgehead atoms. The number of nitrogens with one attached hydrogen (secondary N) is 1. The third kappa shape index (κ3) is 2.88. The van der Waals surface area contributed by atoms with Gasteiger partial charge in [-0.3, -0.25) is 4.79 Å². The number of aromatic nitrogens is 2. The highest BCUT2D eigenvalue weighted by molar-refractivity contribution is 6.30. The van der Waals surface area contributed by atoms with Gasteiger partial charge in [0.2, 0.25) is 5.91 Å². The SMILES string of the molecule is O=C([C@H]1C[C@@H]1c1ccc(Cl)cc1)N1CCCC[C@@H]1c1ncc[nH]1. The van der Waals surface area contributed by atoms with Crippen molar-refractivity contribution in [3.05, 3.63) is 53.1 Å². The van der Waals surface area contributed by atoms with E-state index in [4.69, 9.17) is 11.6 Å². The summed E-state index contributed by atoms with van der Waals surface area (Å²) < 4.78 is 0. The van der Waals surface area contributed by atoms with Gasteiger partial charge in [0.15, 0.2) is 0 Å². The van der Waals surface area contributed by atoms with E-state index in [1.807, 2.05) is 35.4 Å². The van der Waals surface area contributed by atoms with Crippen molar-refractivity contribution in [1.29, 1.82) is 0 Å². The summed E-state index contributed by atoms with van der Waals surface area (Å²) in [6, 6.07) is 8.01. The van der Waals surface area contributed by atoms with E-state index in [-0.39, 0.29) is 17.9 Å². The number of hydrogen-bond acceptors (Lipinski definition) is 2. The molecule has 2 fully saturated rings. The minimum atomic E-state index is 0.109. The van der Waals surface area contributed by atoms with Gasteiger partial charge in [0.1, 0.15) is 5.82 Å². The first-order valence-electron chi connectivity index (χ1n) is 8.29. The third-order valence-electron chi connectivity index (χ3n) is 5.03. The number of carbonyl (C=O) groups is 1. The largest absolute Gasteiger partial charge is 0.347 e. The zero-order chi connectivity index (χ0) is 15.8. The number of imidazole rings is 1. The lowest BCUT2D eigenvalue weighted by Crippen LogP contribution is -2.40. The number of amides is 1. The summed E-state index contributed by atoms with van der Waals surface area (Å²) in [5, 5.41) is 0.742. The molecular weight excluding hydrogens is 310 g/mol. The Hall–Kier alpha value is -1.81. The molecule has 1 amide bonds. The Kier molecular flexibility index (Phi) is 3.85. The fourth-order valence-electron chi connectivity index (χ4n) is 3.70. The van der Waals surface area contributed by atoms with Gasteiger partial charge in [0.05, 0.1) is 6.04 Å². The maximum Gasteiger partial charge on any atom is 0.226 e. The van der Waals surface area contributed by atoms with E-state index < -0.39 is 0 Å². The van der Waals surface area contributed by atoms with Gasteiger partial charge in [0.25, 0.3) is 0 Å². The van der Waals surface area contributed by atoms with E-state index in [1.54, 1.807) is 6.20 Å². The number of hydrogen-bond donors (Lipinski definition) is 1. The number of aromatic amines is 1. The maximum absolute atomic E-state index is 13.0. The van der Waals surface area contributed by atoms with Crippen LogP contribution in [0.2, 0.25) is 5.02 Å². The summed E-state index contributed by atoms with van der Waals surface area (Å²) in [6.07, 6.45) is 7.78. The van der Waals surface area contributed by atoms with Crippen LogP contribution < -0.4 is 0 Å². The predicted molar refractivity (Wildman–Crippen MR) is 89.2 cm³/mol. The molecule has 0 spiro atoms. The Balaban J connectivity index is 1.49. The van der Waals surface area contributed by atoms with Crippen molar-refractivity contribution in [3.63, 3.8) is 0 Å². The highest BCUT2D eigenvalue weighted by Crippen LogP contribution is 2.49. The van der Waals surface area contributed by atoms with Gasteiger partial charge in [-0.15, -0.1) is 0 Å². The molecule has 1 aliphatic heterocycles. The number of piperidine rings is 1. The molecule has 5 heteroatoms. The molecule has 0 unspecified atom stereocenters. The van der Waals surface area contributed by atoms with Crippen LogP contribution in [0.4, 0.5) is 0 Å². The van der Waals surface area contributed by atoms with Gasteiger partial charge in [-0.25, -0.2) is 4.98 Å². The standard InChI is InChI=1S/C18H20ClN3O/c19-13-6-4-12(5-7-13)14-11-15(14)18(23)22-10-2-1-3-16(22)17-20-8-9-21-17/h4-9,14-16H,1-3,10-11H2,(H,20,21)/t14-,15+,16-/m1/s1. The second-order valence-corrected chi connectivity index (χ2v) is 6.95. The van der Waals surface area contributed by atoms with Gasteiger partial charge < -0.3 is 9.88 Å². The molecule has 23 heavy (non-hydrogen) atoms. The normalized spacial score (nSPS) is 27.0. The molecule has 2 aliphatic rings. The fraction of sp³-hybridized carbons (Fsp3) is 0.444. The zero-order valence-corrected chi connectivity index (χ0v) is 13.7. The Bertz CT molecular complexity index is 683. The average Bonchev–Trinajstić information content (AvgIpc) is 3.19. The van der Waals surface area contributed by atoms with Crippen LogP contribution >= 0.6 is 11.6 Å². The summed E-state index contributed by atoms with van der Waals surface area (Å²) in [6.45, 7) is 0.841. The number of rotatable bonds is 3. The number of halogens is 1. The first-order valence-corrected chi connectivity index (χ1v) is 8.67. The molecule has 1 saturated heterocycles. The molecular formula is C18H20ClN3O. The first kappa shape index (κ1) is 14.8. The van der Waals surface area contributed by atoms with E-state index >= 15 is 0 Å². The Morgan fingerprint density at radius 2 is 2.09 bits per heavy atom. The average molecular weight is 330 g/mol. The molecule has 1 saturated carbocycles. The summed E-state index contributed by atoms with van der Waals surface area (Å²) >= 11 is 5.95. The van der Waals surface area contributed by atoms with Crippen LogP contribution in [-0.2, 0) is 4.79 Å². The fourth-order valence-corrected chi connectivity index (χ4v) is 3.82. The van der Waals surface area contributed by atoms with Gasteiger partial charge in [-0.05, 0) is 49.3 Å². The number of H-pyrrole nitrogens is 1. The van der Waals surface area contributed by atoms with Gasteiger partial charge in [-0.2, -0.15) is 0 Å². The van der Waals surface area contributed by atoms with Crippen molar-refractivity contribution in [1.82, 2.24) is 14.9 Å². The van der Waals surface area contributed by atoms with E-state index in [2.05, 4.69) is 9.97 Å². The van der Waals surface area contributed by atoms with Crippen LogP contribution in [0.5, 0.6) is 0 Å². The molecule has 4 nitrogen and oxygen atoms in total. The van der Waals surface area contributed by atoms with Crippen LogP contribution in [0.3, 0.4) is 0 Å². The maximum atomic E-state index is 13.0. The molecule has 0 radical (unpaired) electrons. The lowest BCUT2D eigenvalue weighted by molar-refractivity contribution is -0.136. The highest BCUT2D eigenvalue weighted by Gasteiger charge is 2.47. The minimum absolute atomic E-state index is 0.109. The second kappa shape index (κ2) is 6.00. The minimum Gasteiger partial charge on any atom is -0.347 e. The molecule has 2 heterocycles. The lowest BCUT2D eigenvalue weighted by atomic mass is 10.00. The van der Waals surface area contributed by atoms with E-state index in [9.17, 15) is 4.79 Å². The van der Waals surface area contributed by atoms with Crippen molar-refractivity contribution in [2.24, 2.45) is 5.92 Å². The predicted octanol–water partition coefficient (Wildman–Crippen LogP) is 3.92. The number of benzene rings is 1. The summed E-state index contributed by atoms with van der Waals surface area (Å²) in [4.78, 5) is 22.6. The number of likely N-dealkylation sites (tertiary alicyclic amines) is 1. The molecule has 1 aromatic heterocycles. The van der Waals surface area contributed by atoms with Crippen LogP contribution in [0.1, 0.15) is 49.0 Å². The van der Waals surface area contributed by atoms with Gasteiger partial charge >= 0.3 is 0 Å². The number of nitrogens with zero attached hydrogens (tertiary/aromatic N) is 2. The van der Waals surface area contributed by atoms with Gasteiger partial charge in [-0.1, -0.05) is 23.7 Å². The molecule has 3 atom stereocenters. The summed E-state index contributed by atoms with van der Waals surface area (Å²) in [5.74, 6) is 1.67. The highest BCUT2D eigenvalue weighted by atomic mass is 35.5. The van der Waals surface area contributed by atoms with Crippen LogP contribution in [0, 0.1) is 5.92 Å². The van der Waals surface area contributed by atoms with Crippen LogP contribution in [0.25, 0.3) is 0 Å². The first-order chi connectivity index (χ1) is 11.2. The van der Waals surface area contributed by atoms with Crippen molar-refractivity contribution >= 4 is 17.5 Å². The smallest absolute Gasteiger partial charge is 0.226 e. The van der Waals surface area contributed by atoms with Crippen LogP contribution in [-0.4, -0.2) is 27.3 Å². The molecule has 120 valence electrons. The monoisotopic (exact) mass is 329 g/mol. The molecule has 4 rings (SSSR count). The molecule has 1 aromatic carbocycles. The quantitative estimate of drug-likeness (QED) is 0.927.